The zero-order valence-corrected chi connectivity index (χ0v) is 8.30. The molecule has 0 saturated carbocycles. The van der Waals surface area contributed by atoms with E-state index in [2.05, 4.69) is 10.1 Å². The molecule has 1 aromatic heterocycles. The maximum Gasteiger partial charge on any atom is 0.268 e. The minimum Gasteiger partial charge on any atom is -0.223 e. The largest absolute Gasteiger partial charge is 0.268 e. The molecule has 16 heavy (non-hydrogen) atoms. The van der Waals surface area contributed by atoms with Crippen molar-refractivity contribution in [1.82, 2.24) is 4.98 Å². The van der Waals surface area contributed by atoms with Gasteiger partial charge in [0.15, 0.2) is 5.03 Å². The van der Waals surface area contributed by atoms with Gasteiger partial charge in [-0.05, 0) is 6.07 Å². The van der Waals surface area contributed by atoms with Crippen molar-refractivity contribution in [2.24, 2.45) is 5.14 Å². The van der Waals surface area contributed by atoms with Crippen molar-refractivity contribution in [1.29, 1.82) is 5.26 Å². The molecular weight excluding hydrogens is 247 g/mol. The lowest BCUT2D eigenvalue weighted by Gasteiger charge is -2.05. The molecule has 5 nitrogen and oxygen atoms in total. The standard InChI is InChI=1S/C7H4F3N3O2S/c8-5(9)4-1-3(2-11)7(13-6(4)10)16(12,14)15/h1,5H,(H2,12,14,15). The van der Waals surface area contributed by atoms with Crippen LogP contribution < -0.4 is 5.14 Å². The first-order valence-electron chi connectivity index (χ1n) is 3.69. The van der Waals surface area contributed by atoms with Crippen molar-refractivity contribution >= 4 is 10.0 Å². The van der Waals surface area contributed by atoms with Crippen LogP contribution in [0.15, 0.2) is 11.1 Å². The molecule has 0 aromatic carbocycles. The summed E-state index contributed by atoms with van der Waals surface area (Å²) in [5.41, 5.74) is -1.87. The predicted molar refractivity (Wildman–Crippen MR) is 45.2 cm³/mol. The number of halogens is 3. The number of alkyl halides is 2. The summed E-state index contributed by atoms with van der Waals surface area (Å²) in [6.45, 7) is 0. The number of nitrogens with zero attached hydrogens (tertiary/aromatic N) is 2. The van der Waals surface area contributed by atoms with E-state index >= 15 is 0 Å². The summed E-state index contributed by atoms with van der Waals surface area (Å²) >= 11 is 0. The Bertz CT molecular complexity index is 565. The van der Waals surface area contributed by atoms with Gasteiger partial charge in [-0.15, -0.1) is 0 Å². The van der Waals surface area contributed by atoms with Gasteiger partial charge in [0.05, 0.1) is 11.1 Å². The number of nitriles is 1. The number of hydrogen-bond donors (Lipinski definition) is 1. The molecule has 9 heteroatoms. The Morgan fingerprint density at radius 1 is 1.50 bits per heavy atom. The van der Waals surface area contributed by atoms with Crippen LogP contribution in [0.2, 0.25) is 0 Å². The number of pyridine rings is 1. The summed E-state index contributed by atoms with van der Waals surface area (Å²) in [5, 5.41) is 12.1. The van der Waals surface area contributed by atoms with Gasteiger partial charge < -0.3 is 0 Å². The molecule has 0 saturated heterocycles. The topological polar surface area (TPSA) is 96.8 Å². The van der Waals surface area contributed by atoms with Gasteiger partial charge in [-0.25, -0.2) is 27.3 Å². The second-order valence-electron chi connectivity index (χ2n) is 2.68. The highest BCUT2D eigenvalue weighted by Crippen LogP contribution is 2.24. The Morgan fingerprint density at radius 3 is 2.44 bits per heavy atom. The van der Waals surface area contributed by atoms with Crippen LogP contribution in [-0.4, -0.2) is 13.4 Å². The first-order valence-corrected chi connectivity index (χ1v) is 5.23. The Kier molecular flexibility index (Phi) is 3.16. The predicted octanol–water partition coefficient (Wildman–Crippen LogP) is 0.677. The highest BCUT2D eigenvalue weighted by Gasteiger charge is 2.23. The smallest absolute Gasteiger partial charge is 0.223 e. The van der Waals surface area contributed by atoms with Gasteiger partial charge in [0.2, 0.25) is 5.95 Å². The molecule has 86 valence electrons. The Morgan fingerprint density at radius 2 is 2.06 bits per heavy atom. The summed E-state index contributed by atoms with van der Waals surface area (Å²) in [6, 6.07) is 1.71. The van der Waals surface area contributed by atoms with Crippen LogP contribution >= 0.6 is 0 Å². The molecule has 0 fully saturated rings. The van der Waals surface area contributed by atoms with Crippen LogP contribution in [0.4, 0.5) is 13.2 Å². The first kappa shape index (κ1) is 12.4. The van der Waals surface area contributed by atoms with Crippen LogP contribution in [-0.2, 0) is 10.0 Å². The zero-order valence-electron chi connectivity index (χ0n) is 7.49. The van der Waals surface area contributed by atoms with Crippen LogP contribution in [0.5, 0.6) is 0 Å². The number of nitrogens with two attached hydrogens (primary N) is 1. The molecule has 1 rings (SSSR count). The van der Waals surface area contributed by atoms with E-state index in [1.807, 2.05) is 0 Å². The van der Waals surface area contributed by atoms with E-state index in [-0.39, 0.29) is 0 Å². The van der Waals surface area contributed by atoms with Gasteiger partial charge in [0.1, 0.15) is 6.07 Å². The molecule has 0 spiro atoms. The lowest BCUT2D eigenvalue weighted by atomic mass is 10.2. The average Bonchev–Trinajstić information content (AvgIpc) is 2.15. The molecule has 0 aliphatic heterocycles. The Hall–Kier alpha value is -1.66. The molecule has 0 aliphatic rings. The van der Waals surface area contributed by atoms with Gasteiger partial charge >= 0.3 is 0 Å². The summed E-state index contributed by atoms with van der Waals surface area (Å²) in [4.78, 5) is 2.75. The maximum atomic E-state index is 12.9. The van der Waals surface area contributed by atoms with E-state index in [0.717, 1.165) is 0 Å². The molecule has 0 amide bonds. The van der Waals surface area contributed by atoms with Gasteiger partial charge in [0, 0.05) is 0 Å². The molecule has 0 atom stereocenters. The monoisotopic (exact) mass is 251 g/mol. The van der Waals surface area contributed by atoms with Gasteiger partial charge in [-0.1, -0.05) is 0 Å². The van der Waals surface area contributed by atoms with Crippen LogP contribution in [0.25, 0.3) is 0 Å². The van der Waals surface area contributed by atoms with Gasteiger partial charge in [-0.2, -0.15) is 9.65 Å². The van der Waals surface area contributed by atoms with E-state index in [4.69, 9.17) is 5.26 Å². The first-order chi connectivity index (χ1) is 7.27. The third-order valence-electron chi connectivity index (χ3n) is 1.59. The van der Waals surface area contributed by atoms with E-state index < -0.39 is 38.5 Å². The van der Waals surface area contributed by atoms with Gasteiger partial charge in [-0.3, -0.25) is 0 Å². The van der Waals surface area contributed by atoms with Crippen molar-refractivity contribution < 1.29 is 21.6 Å². The van der Waals surface area contributed by atoms with E-state index in [1.165, 1.54) is 6.07 Å². The average molecular weight is 251 g/mol. The van der Waals surface area contributed by atoms with Gasteiger partial charge in [0.25, 0.3) is 16.4 Å². The zero-order chi connectivity index (χ0) is 12.5. The van der Waals surface area contributed by atoms with Crippen molar-refractivity contribution in [2.45, 2.75) is 11.5 Å². The number of rotatable bonds is 2. The van der Waals surface area contributed by atoms with Crippen LogP contribution in [0, 0.1) is 17.3 Å². The number of aromatic nitrogens is 1. The number of hydrogen-bond acceptors (Lipinski definition) is 4. The summed E-state index contributed by atoms with van der Waals surface area (Å²) in [6.07, 6.45) is -3.20. The second kappa shape index (κ2) is 4.07. The molecule has 0 bridgehead atoms. The van der Waals surface area contributed by atoms with Crippen molar-refractivity contribution in [3.8, 4) is 6.07 Å². The third kappa shape index (κ3) is 2.29. The summed E-state index contributed by atoms with van der Waals surface area (Å²) in [5.74, 6) is -1.67. The highest BCUT2D eigenvalue weighted by atomic mass is 32.2. The molecule has 1 heterocycles. The summed E-state index contributed by atoms with van der Waals surface area (Å²) in [7, 11) is -4.43. The summed E-state index contributed by atoms with van der Waals surface area (Å²) < 4.78 is 59.0. The second-order valence-corrected chi connectivity index (χ2v) is 4.16. The van der Waals surface area contributed by atoms with E-state index in [0.29, 0.717) is 6.07 Å². The fraction of sp³-hybridized carbons (Fsp3) is 0.143. The molecule has 0 radical (unpaired) electrons. The SMILES string of the molecule is N#Cc1cc(C(F)F)c(F)nc1S(N)(=O)=O. The van der Waals surface area contributed by atoms with Crippen molar-refractivity contribution in [3.63, 3.8) is 0 Å². The lowest BCUT2D eigenvalue weighted by molar-refractivity contribution is 0.144. The Labute approximate surface area is 88.4 Å². The fourth-order valence-corrected chi connectivity index (χ4v) is 1.56. The maximum absolute atomic E-state index is 12.9. The van der Waals surface area contributed by atoms with Crippen LogP contribution in [0.1, 0.15) is 17.6 Å². The molecular formula is C7H4F3N3O2S. The van der Waals surface area contributed by atoms with Crippen molar-refractivity contribution in [3.05, 3.63) is 23.1 Å². The molecule has 0 aliphatic carbocycles. The van der Waals surface area contributed by atoms with E-state index in [1.54, 1.807) is 0 Å². The normalized spacial score (nSPS) is 11.5. The Balaban J connectivity index is 3.59. The number of primary sulfonamides is 1. The lowest BCUT2D eigenvalue weighted by Crippen LogP contribution is -2.17. The third-order valence-corrected chi connectivity index (χ3v) is 2.44. The van der Waals surface area contributed by atoms with E-state index in [9.17, 15) is 21.6 Å². The van der Waals surface area contributed by atoms with Crippen molar-refractivity contribution in [2.75, 3.05) is 0 Å². The quantitative estimate of drug-likeness (QED) is 0.781. The fourth-order valence-electron chi connectivity index (χ4n) is 0.941. The molecule has 0 unspecified atom stereocenters. The minimum atomic E-state index is -4.43. The van der Waals surface area contributed by atoms with Crippen LogP contribution in [0.3, 0.4) is 0 Å². The number of sulfonamides is 1. The highest BCUT2D eigenvalue weighted by molar-refractivity contribution is 7.89. The minimum absolute atomic E-state index is 0.409. The molecule has 2 N–H and O–H groups in total. The molecule has 1 aromatic rings.